The van der Waals surface area contributed by atoms with Gasteiger partial charge in [0.2, 0.25) is 5.95 Å². The highest BCUT2D eigenvalue weighted by atomic mass is 16.5. The highest BCUT2D eigenvalue weighted by Crippen LogP contribution is 2.27. The molecule has 0 spiro atoms. The second-order valence-electron chi connectivity index (χ2n) is 7.35. The predicted molar refractivity (Wildman–Crippen MR) is 102 cm³/mol. The molecule has 0 aromatic carbocycles. The Hall–Kier alpha value is -2.72. The predicted octanol–water partition coefficient (Wildman–Crippen LogP) is -0.307. The summed E-state index contributed by atoms with van der Waals surface area (Å²) in [4.78, 5) is 15.8. The van der Waals surface area contributed by atoms with Crippen LogP contribution in [-0.4, -0.2) is 69.3 Å². The molecule has 10 nitrogen and oxygen atoms in total. The molecule has 27 heavy (non-hydrogen) atoms. The van der Waals surface area contributed by atoms with Crippen molar-refractivity contribution in [3.05, 3.63) is 18.1 Å². The number of hydrogen-bond donors (Lipinski definition) is 3. The number of morpholine rings is 1. The number of nitrogens with zero attached hydrogens (tertiary/aromatic N) is 6. The smallest absolute Gasteiger partial charge is 0.228 e. The quantitative estimate of drug-likeness (QED) is 0.667. The van der Waals surface area contributed by atoms with Gasteiger partial charge in [0.1, 0.15) is 0 Å². The number of nitrogens with two attached hydrogens (primary N) is 1. The van der Waals surface area contributed by atoms with Gasteiger partial charge < -0.3 is 25.8 Å². The van der Waals surface area contributed by atoms with E-state index in [-0.39, 0.29) is 0 Å². The molecule has 0 atom stereocenters. The van der Waals surface area contributed by atoms with Crippen LogP contribution in [-0.2, 0) is 11.3 Å². The highest BCUT2D eigenvalue weighted by molar-refractivity contribution is 5.92. The zero-order valence-corrected chi connectivity index (χ0v) is 15.5. The van der Waals surface area contributed by atoms with Crippen LogP contribution in [0.5, 0.6) is 0 Å². The van der Waals surface area contributed by atoms with Crippen molar-refractivity contribution >= 4 is 28.5 Å². The monoisotopic (exact) mass is 372 g/mol. The lowest BCUT2D eigenvalue weighted by atomic mass is 10.1. The molecule has 0 amide bonds. The third-order valence-corrected chi connectivity index (χ3v) is 4.44. The van der Waals surface area contributed by atoms with E-state index in [1.165, 1.54) is 0 Å². The van der Waals surface area contributed by atoms with E-state index in [0.717, 1.165) is 29.7 Å². The minimum absolute atomic E-state index is 0.331. The zero-order chi connectivity index (χ0) is 19.0. The van der Waals surface area contributed by atoms with Crippen LogP contribution in [0.2, 0.25) is 0 Å². The largest absolute Gasteiger partial charge is 0.389 e. The molecule has 0 saturated carbocycles. The van der Waals surface area contributed by atoms with E-state index in [1.54, 1.807) is 30.9 Å². The topological polar surface area (TPSA) is 127 Å². The second kappa shape index (κ2) is 6.78. The number of fused-ring (bicyclic) bond motifs is 1. The van der Waals surface area contributed by atoms with Crippen molar-refractivity contribution in [2.24, 2.45) is 10.7 Å². The molecule has 4 rings (SSSR count). The molecule has 144 valence electrons. The molecule has 2 aromatic rings. The van der Waals surface area contributed by atoms with Gasteiger partial charge in [-0.1, -0.05) is 0 Å². The summed E-state index contributed by atoms with van der Waals surface area (Å²) in [7, 11) is 0. The molecular formula is C17H24N8O2. The Kier molecular flexibility index (Phi) is 4.44. The van der Waals surface area contributed by atoms with Crippen LogP contribution in [0.15, 0.2) is 17.4 Å². The van der Waals surface area contributed by atoms with Gasteiger partial charge in [-0.25, -0.2) is 14.7 Å². The van der Waals surface area contributed by atoms with Crippen LogP contribution < -0.4 is 16.0 Å². The molecule has 10 heteroatoms. The van der Waals surface area contributed by atoms with Gasteiger partial charge in [-0.05, 0) is 13.8 Å². The van der Waals surface area contributed by atoms with Gasteiger partial charge >= 0.3 is 0 Å². The van der Waals surface area contributed by atoms with Crippen molar-refractivity contribution in [3.8, 4) is 0 Å². The fourth-order valence-corrected chi connectivity index (χ4v) is 3.14. The number of anilines is 1. The summed E-state index contributed by atoms with van der Waals surface area (Å²) >= 11 is 0. The van der Waals surface area contributed by atoms with Crippen LogP contribution in [0.1, 0.15) is 19.5 Å². The summed E-state index contributed by atoms with van der Waals surface area (Å²) in [5.41, 5.74) is 7.16. The summed E-state index contributed by atoms with van der Waals surface area (Å²) in [6, 6.07) is 0. The Morgan fingerprint density at radius 3 is 2.74 bits per heavy atom. The fourth-order valence-electron chi connectivity index (χ4n) is 3.14. The molecule has 0 radical (unpaired) electrons. The van der Waals surface area contributed by atoms with Gasteiger partial charge in [0, 0.05) is 31.4 Å². The SMILES string of the molecule is CC(C)(O)Cn1ncc2c(C3=CN=C(N)NC3)nc(N3CCOCC3)nc21. The maximum atomic E-state index is 10.2. The van der Waals surface area contributed by atoms with E-state index in [4.69, 9.17) is 20.4 Å². The van der Waals surface area contributed by atoms with E-state index in [2.05, 4.69) is 20.3 Å². The van der Waals surface area contributed by atoms with Crippen LogP contribution >= 0.6 is 0 Å². The Morgan fingerprint density at radius 2 is 2.07 bits per heavy atom. The zero-order valence-electron chi connectivity index (χ0n) is 15.5. The van der Waals surface area contributed by atoms with E-state index in [0.29, 0.717) is 43.9 Å². The Bertz CT molecular complexity index is 906. The third kappa shape index (κ3) is 3.71. The van der Waals surface area contributed by atoms with Crippen LogP contribution in [0.3, 0.4) is 0 Å². The first kappa shape index (κ1) is 17.7. The van der Waals surface area contributed by atoms with Gasteiger partial charge in [-0.2, -0.15) is 10.1 Å². The molecule has 0 aliphatic carbocycles. The number of ether oxygens (including phenoxy) is 1. The Balaban J connectivity index is 1.84. The van der Waals surface area contributed by atoms with Crippen molar-refractivity contribution in [2.75, 3.05) is 37.7 Å². The minimum atomic E-state index is -0.909. The average Bonchev–Trinajstić information content (AvgIpc) is 3.03. The molecule has 2 aromatic heterocycles. The van der Waals surface area contributed by atoms with Crippen LogP contribution in [0, 0.1) is 0 Å². The number of aromatic nitrogens is 4. The van der Waals surface area contributed by atoms with Crippen LogP contribution in [0.25, 0.3) is 16.6 Å². The summed E-state index contributed by atoms with van der Waals surface area (Å²) in [6.45, 7) is 7.10. The standard InChI is InChI=1S/C17H24N8O2/c1-17(2,26)10-25-14-12(9-21-25)13(11-7-19-15(18)20-8-11)22-16(23-14)24-3-5-27-6-4-24/h7,9,26H,3-6,8,10H2,1-2H3,(H3,18,19,20). The first-order valence-corrected chi connectivity index (χ1v) is 8.96. The molecule has 4 N–H and O–H groups in total. The summed E-state index contributed by atoms with van der Waals surface area (Å²) in [5.74, 6) is 1.01. The van der Waals surface area contributed by atoms with Crippen molar-refractivity contribution < 1.29 is 9.84 Å². The van der Waals surface area contributed by atoms with Gasteiger partial charge in [0.05, 0.1) is 42.6 Å². The maximum Gasteiger partial charge on any atom is 0.228 e. The Labute approximate surface area is 156 Å². The number of guanidine groups is 1. The first-order valence-electron chi connectivity index (χ1n) is 8.96. The lowest BCUT2D eigenvalue weighted by Crippen LogP contribution is -2.38. The first-order chi connectivity index (χ1) is 12.9. The van der Waals surface area contributed by atoms with Gasteiger partial charge in [0.25, 0.3) is 0 Å². The van der Waals surface area contributed by atoms with Crippen LogP contribution in [0.4, 0.5) is 5.95 Å². The number of nitrogens with one attached hydrogen (secondary N) is 1. The molecule has 2 aliphatic rings. The molecule has 4 heterocycles. The van der Waals surface area contributed by atoms with E-state index >= 15 is 0 Å². The van der Waals surface area contributed by atoms with Crippen molar-refractivity contribution in [1.29, 1.82) is 0 Å². The summed E-state index contributed by atoms with van der Waals surface area (Å²) in [5, 5.41) is 18.5. The van der Waals surface area contributed by atoms with E-state index in [9.17, 15) is 5.11 Å². The summed E-state index contributed by atoms with van der Waals surface area (Å²) in [6.07, 6.45) is 3.46. The Morgan fingerprint density at radius 1 is 1.30 bits per heavy atom. The fraction of sp³-hybridized carbons (Fsp3) is 0.529. The lowest BCUT2D eigenvalue weighted by Gasteiger charge is -2.27. The maximum absolute atomic E-state index is 10.2. The third-order valence-electron chi connectivity index (χ3n) is 4.44. The van der Waals surface area contributed by atoms with Gasteiger partial charge in [-0.3, -0.25) is 0 Å². The van der Waals surface area contributed by atoms with E-state index < -0.39 is 5.60 Å². The number of hydrogen-bond acceptors (Lipinski definition) is 9. The molecular weight excluding hydrogens is 348 g/mol. The highest BCUT2D eigenvalue weighted by Gasteiger charge is 2.23. The van der Waals surface area contributed by atoms with Crippen molar-refractivity contribution in [1.82, 2.24) is 25.1 Å². The number of rotatable bonds is 4. The molecule has 0 bridgehead atoms. The van der Waals surface area contributed by atoms with Crippen molar-refractivity contribution in [3.63, 3.8) is 0 Å². The van der Waals surface area contributed by atoms with Gasteiger partial charge in [0.15, 0.2) is 11.6 Å². The number of aliphatic hydroxyl groups is 1. The van der Waals surface area contributed by atoms with Crippen molar-refractivity contribution in [2.45, 2.75) is 26.0 Å². The molecule has 2 aliphatic heterocycles. The van der Waals surface area contributed by atoms with Gasteiger partial charge in [-0.15, -0.1) is 0 Å². The molecule has 1 fully saturated rings. The molecule has 0 unspecified atom stereocenters. The minimum Gasteiger partial charge on any atom is -0.389 e. The normalized spacial score (nSPS) is 18.3. The second-order valence-corrected chi connectivity index (χ2v) is 7.35. The summed E-state index contributed by atoms with van der Waals surface area (Å²) < 4.78 is 7.16. The number of aliphatic imine (C=N–C) groups is 1. The van der Waals surface area contributed by atoms with E-state index in [1.807, 2.05) is 0 Å². The lowest BCUT2D eigenvalue weighted by molar-refractivity contribution is 0.0589. The average molecular weight is 372 g/mol. The molecule has 1 saturated heterocycles.